The van der Waals surface area contributed by atoms with Crippen molar-refractivity contribution in [3.8, 4) is 11.5 Å². The van der Waals surface area contributed by atoms with Gasteiger partial charge in [0.1, 0.15) is 0 Å². The number of halogens is 1. The van der Waals surface area contributed by atoms with Gasteiger partial charge in [0.15, 0.2) is 16.6 Å². The molecule has 0 unspecified atom stereocenters. The van der Waals surface area contributed by atoms with Crippen LogP contribution in [0.5, 0.6) is 11.5 Å². The lowest BCUT2D eigenvalue weighted by molar-refractivity contribution is -0.111. The van der Waals surface area contributed by atoms with Crippen LogP contribution in [-0.4, -0.2) is 24.6 Å². The highest BCUT2D eigenvalue weighted by Crippen LogP contribution is 2.37. The second kappa shape index (κ2) is 9.24. The van der Waals surface area contributed by atoms with Crippen molar-refractivity contribution >= 4 is 40.1 Å². The Morgan fingerprint density at radius 2 is 2.11 bits per heavy atom. The number of aromatic nitrogens is 1. The Hall–Kier alpha value is -2.05. The highest BCUT2D eigenvalue weighted by molar-refractivity contribution is 7.14. The predicted molar refractivity (Wildman–Crippen MR) is 112 cm³/mol. The average Bonchev–Trinajstić information content (AvgIpc) is 3.07. The number of hydrogen-bond acceptors (Lipinski definition) is 5. The van der Waals surface area contributed by atoms with E-state index in [0.29, 0.717) is 28.3 Å². The fraction of sp³-hybridized carbons (Fsp3) is 0.400. The van der Waals surface area contributed by atoms with E-state index in [1.165, 1.54) is 17.4 Å². The number of rotatable bonds is 7. The molecule has 1 N–H and O–H groups in total. The molecule has 2 rings (SSSR count). The van der Waals surface area contributed by atoms with Gasteiger partial charge in [-0.25, -0.2) is 4.98 Å². The van der Waals surface area contributed by atoms with E-state index in [2.05, 4.69) is 31.1 Å². The van der Waals surface area contributed by atoms with Crippen LogP contribution in [0.1, 0.15) is 45.4 Å². The van der Waals surface area contributed by atoms with Crippen molar-refractivity contribution < 1.29 is 14.3 Å². The smallest absolute Gasteiger partial charge is 0.250 e. The number of carbonyl (C=O) groups excluding carboxylic acids is 1. The van der Waals surface area contributed by atoms with E-state index in [0.717, 1.165) is 17.7 Å². The van der Waals surface area contributed by atoms with Crippen LogP contribution in [0.3, 0.4) is 0 Å². The summed E-state index contributed by atoms with van der Waals surface area (Å²) in [6.45, 7) is 8.82. The van der Waals surface area contributed by atoms with Gasteiger partial charge in [0.2, 0.25) is 5.91 Å². The summed E-state index contributed by atoms with van der Waals surface area (Å²) in [5.41, 5.74) is 1.64. The summed E-state index contributed by atoms with van der Waals surface area (Å²) in [6.07, 6.45) is 3.98. The molecular formula is C20H25ClN2O3S. The Kier molecular flexibility index (Phi) is 7.27. The lowest BCUT2D eigenvalue weighted by Gasteiger charge is -2.14. The summed E-state index contributed by atoms with van der Waals surface area (Å²) in [4.78, 5) is 16.6. The van der Waals surface area contributed by atoms with Crippen molar-refractivity contribution in [1.82, 2.24) is 4.98 Å². The molecule has 1 aromatic carbocycles. The molecule has 0 fully saturated rings. The van der Waals surface area contributed by atoms with E-state index in [-0.39, 0.29) is 11.3 Å². The average molecular weight is 409 g/mol. The van der Waals surface area contributed by atoms with Gasteiger partial charge >= 0.3 is 0 Å². The van der Waals surface area contributed by atoms with Crippen LogP contribution in [0.15, 0.2) is 23.6 Å². The van der Waals surface area contributed by atoms with Gasteiger partial charge in [0.25, 0.3) is 0 Å². The number of nitrogens with one attached hydrogen (secondary N) is 1. The molecule has 0 atom stereocenters. The van der Waals surface area contributed by atoms with E-state index in [1.807, 2.05) is 12.3 Å². The zero-order valence-electron chi connectivity index (χ0n) is 16.3. The number of nitrogens with zero attached hydrogens (tertiary/aromatic N) is 1. The minimum absolute atomic E-state index is 0.0514. The van der Waals surface area contributed by atoms with E-state index in [9.17, 15) is 4.79 Å². The van der Waals surface area contributed by atoms with E-state index in [1.54, 1.807) is 25.3 Å². The highest BCUT2D eigenvalue weighted by atomic mass is 35.5. The maximum atomic E-state index is 12.2. The second-order valence-corrected chi connectivity index (χ2v) is 8.26. The third kappa shape index (κ3) is 5.97. The van der Waals surface area contributed by atoms with Gasteiger partial charge in [-0.1, -0.05) is 39.3 Å². The number of carbonyl (C=O) groups is 1. The molecule has 1 heterocycles. The summed E-state index contributed by atoms with van der Waals surface area (Å²) >= 11 is 7.70. The molecule has 0 saturated heterocycles. The first kappa shape index (κ1) is 21.3. The van der Waals surface area contributed by atoms with Gasteiger partial charge < -0.3 is 9.47 Å². The number of hydrogen-bond donors (Lipinski definition) is 1. The second-order valence-electron chi connectivity index (χ2n) is 6.99. The Balaban J connectivity index is 2.09. The number of amides is 1. The largest absolute Gasteiger partial charge is 0.493 e. The maximum absolute atomic E-state index is 12.2. The van der Waals surface area contributed by atoms with Gasteiger partial charge in [-0.05, 0) is 30.2 Å². The topological polar surface area (TPSA) is 60.5 Å². The maximum Gasteiger partial charge on any atom is 0.250 e. The first-order valence-corrected chi connectivity index (χ1v) is 9.95. The molecule has 146 valence electrons. The summed E-state index contributed by atoms with van der Waals surface area (Å²) in [6, 6.07) is 3.52. The molecule has 27 heavy (non-hydrogen) atoms. The van der Waals surface area contributed by atoms with Crippen LogP contribution in [0.4, 0.5) is 5.13 Å². The van der Waals surface area contributed by atoms with Crippen molar-refractivity contribution in [2.45, 2.75) is 39.5 Å². The molecule has 1 amide bonds. The first-order valence-electron chi connectivity index (χ1n) is 8.70. The van der Waals surface area contributed by atoms with Crippen LogP contribution in [0.25, 0.3) is 6.08 Å². The zero-order chi connectivity index (χ0) is 20.0. The molecule has 0 radical (unpaired) electrons. The van der Waals surface area contributed by atoms with Gasteiger partial charge in [-0.3, -0.25) is 10.1 Å². The number of benzene rings is 1. The normalized spacial score (nSPS) is 11.6. The van der Waals surface area contributed by atoms with Gasteiger partial charge in [-0.15, -0.1) is 11.3 Å². The Labute approximate surface area is 169 Å². The number of ether oxygens (including phenoxy) is 2. The van der Waals surface area contributed by atoms with Gasteiger partial charge in [0.05, 0.1) is 24.4 Å². The molecular weight excluding hydrogens is 384 g/mol. The van der Waals surface area contributed by atoms with Crippen LogP contribution in [0, 0.1) is 0 Å². The molecule has 1 aromatic heterocycles. The lowest BCUT2D eigenvalue weighted by Crippen LogP contribution is -2.12. The van der Waals surface area contributed by atoms with Gasteiger partial charge in [0, 0.05) is 16.9 Å². The highest BCUT2D eigenvalue weighted by Gasteiger charge is 2.17. The number of methoxy groups -OCH3 is 1. The van der Waals surface area contributed by atoms with Gasteiger partial charge in [-0.2, -0.15) is 0 Å². The lowest BCUT2D eigenvalue weighted by atomic mass is 9.93. The third-order valence-electron chi connectivity index (χ3n) is 3.63. The van der Waals surface area contributed by atoms with Crippen LogP contribution < -0.4 is 14.8 Å². The summed E-state index contributed by atoms with van der Waals surface area (Å²) < 4.78 is 11.0. The molecule has 2 aromatic rings. The SMILES string of the molecule is CCCOc1c(Cl)cc(/C=C/C(=O)Nc2nc(C(C)(C)C)cs2)cc1OC. The molecule has 0 saturated carbocycles. The van der Waals surface area contributed by atoms with Crippen molar-refractivity contribution in [3.63, 3.8) is 0 Å². The summed E-state index contributed by atoms with van der Waals surface area (Å²) in [7, 11) is 1.56. The summed E-state index contributed by atoms with van der Waals surface area (Å²) in [5, 5.41) is 5.76. The standard InChI is InChI=1S/C20H25ClN2O3S/c1-6-9-26-18-14(21)10-13(11-15(18)25-5)7-8-17(24)23-19-22-16(12-27-19)20(2,3)4/h7-8,10-12H,6,9H2,1-5H3,(H,22,23,24)/b8-7+. The minimum atomic E-state index is -0.258. The van der Waals surface area contributed by atoms with Crippen molar-refractivity contribution in [2.75, 3.05) is 19.0 Å². The third-order valence-corrected chi connectivity index (χ3v) is 4.67. The molecule has 0 spiro atoms. The fourth-order valence-electron chi connectivity index (χ4n) is 2.17. The van der Waals surface area contributed by atoms with Crippen molar-refractivity contribution in [1.29, 1.82) is 0 Å². The molecule has 0 aliphatic rings. The minimum Gasteiger partial charge on any atom is -0.493 e. The number of anilines is 1. The van der Waals surface area contributed by atoms with Crippen LogP contribution in [-0.2, 0) is 10.2 Å². The van der Waals surface area contributed by atoms with E-state index >= 15 is 0 Å². The fourth-order valence-corrected chi connectivity index (χ4v) is 3.39. The number of thiazole rings is 1. The zero-order valence-corrected chi connectivity index (χ0v) is 17.8. The van der Waals surface area contributed by atoms with E-state index < -0.39 is 0 Å². The predicted octanol–water partition coefficient (Wildman–Crippen LogP) is 5.54. The monoisotopic (exact) mass is 408 g/mol. The Bertz CT molecular complexity index is 825. The Morgan fingerprint density at radius 3 is 2.70 bits per heavy atom. The quantitative estimate of drug-likeness (QED) is 0.610. The van der Waals surface area contributed by atoms with Crippen LogP contribution >= 0.6 is 22.9 Å². The molecule has 0 aliphatic carbocycles. The molecule has 7 heteroatoms. The van der Waals surface area contributed by atoms with Crippen LogP contribution in [0.2, 0.25) is 5.02 Å². The molecule has 5 nitrogen and oxygen atoms in total. The van der Waals surface area contributed by atoms with Crippen molar-refractivity contribution in [3.05, 3.63) is 39.9 Å². The first-order chi connectivity index (χ1) is 12.7. The van der Waals surface area contributed by atoms with Crippen molar-refractivity contribution in [2.24, 2.45) is 0 Å². The molecule has 0 bridgehead atoms. The summed E-state index contributed by atoms with van der Waals surface area (Å²) in [5.74, 6) is 0.789. The Morgan fingerprint density at radius 1 is 1.37 bits per heavy atom. The van der Waals surface area contributed by atoms with E-state index in [4.69, 9.17) is 21.1 Å². The molecule has 0 aliphatic heterocycles.